The smallest absolute Gasteiger partial charge is 0.269 e. The predicted molar refractivity (Wildman–Crippen MR) is 91.7 cm³/mol. The number of methoxy groups -OCH3 is 1. The second-order valence-electron chi connectivity index (χ2n) is 5.44. The minimum Gasteiger partial charge on any atom is -0.496 e. The molecule has 0 spiro atoms. The van der Waals surface area contributed by atoms with E-state index in [0.717, 1.165) is 5.56 Å². The first kappa shape index (κ1) is 16.5. The summed E-state index contributed by atoms with van der Waals surface area (Å²) >= 11 is 0. The third kappa shape index (κ3) is 2.91. The molecule has 25 heavy (non-hydrogen) atoms. The molecule has 0 aliphatic rings. The Morgan fingerprint density at radius 2 is 1.76 bits per heavy atom. The molecule has 0 atom stereocenters. The molecule has 0 saturated carbocycles. The van der Waals surface area contributed by atoms with E-state index in [1.54, 1.807) is 33.1 Å². The topological polar surface area (TPSA) is 91.8 Å². The highest BCUT2D eigenvalue weighted by Gasteiger charge is 2.17. The van der Waals surface area contributed by atoms with Crippen LogP contribution < -0.4 is 14.9 Å². The second kappa shape index (κ2) is 6.27. The van der Waals surface area contributed by atoms with Gasteiger partial charge in [0.2, 0.25) is 11.2 Å². The van der Waals surface area contributed by atoms with Gasteiger partial charge in [-0.05, 0) is 38.1 Å². The molecule has 0 radical (unpaired) electrons. The molecule has 3 aromatic rings. The fraction of sp³-hybridized carbons (Fsp3) is 0.167. The molecule has 0 bridgehead atoms. The summed E-state index contributed by atoms with van der Waals surface area (Å²) in [4.78, 5) is 22.9. The summed E-state index contributed by atoms with van der Waals surface area (Å²) in [6.45, 7) is 3.43. The number of nitro benzene ring substituents is 1. The zero-order valence-corrected chi connectivity index (χ0v) is 13.9. The lowest BCUT2D eigenvalue weighted by Gasteiger charge is -2.11. The van der Waals surface area contributed by atoms with Gasteiger partial charge in [0, 0.05) is 17.7 Å². The number of hydrogen-bond donors (Lipinski definition) is 0. The summed E-state index contributed by atoms with van der Waals surface area (Å²) in [6.07, 6.45) is 0. The fourth-order valence-corrected chi connectivity index (χ4v) is 2.56. The van der Waals surface area contributed by atoms with Crippen LogP contribution in [0, 0.1) is 24.0 Å². The molecule has 0 fully saturated rings. The highest BCUT2D eigenvalue weighted by molar-refractivity contribution is 5.83. The molecular formula is C18H15NO6. The molecule has 0 aliphatic heterocycles. The van der Waals surface area contributed by atoms with Crippen LogP contribution in [0.2, 0.25) is 0 Å². The number of rotatable bonds is 4. The van der Waals surface area contributed by atoms with Gasteiger partial charge in [0.25, 0.3) is 5.69 Å². The van der Waals surface area contributed by atoms with Crippen molar-refractivity contribution >= 4 is 16.7 Å². The van der Waals surface area contributed by atoms with Crippen LogP contribution in [0.15, 0.2) is 45.6 Å². The average Bonchev–Trinajstić information content (AvgIpc) is 2.60. The minimum atomic E-state index is -0.504. The number of benzene rings is 2. The van der Waals surface area contributed by atoms with Crippen LogP contribution in [0.3, 0.4) is 0 Å². The quantitative estimate of drug-likeness (QED) is 0.523. The van der Waals surface area contributed by atoms with Gasteiger partial charge in [-0.3, -0.25) is 14.9 Å². The Morgan fingerprint density at radius 3 is 2.36 bits per heavy atom. The molecule has 1 heterocycles. The van der Waals surface area contributed by atoms with Gasteiger partial charge in [0.05, 0.1) is 17.4 Å². The van der Waals surface area contributed by atoms with Gasteiger partial charge in [0.1, 0.15) is 22.8 Å². The average molecular weight is 341 g/mol. The van der Waals surface area contributed by atoms with E-state index in [9.17, 15) is 14.9 Å². The molecule has 0 aliphatic carbocycles. The van der Waals surface area contributed by atoms with E-state index >= 15 is 0 Å². The number of fused-ring (bicyclic) bond motifs is 1. The Labute approximate surface area is 142 Å². The zero-order valence-electron chi connectivity index (χ0n) is 13.9. The number of nitro groups is 1. The highest BCUT2D eigenvalue weighted by atomic mass is 16.6. The number of aryl methyl sites for hydroxylation is 2. The second-order valence-corrected chi connectivity index (χ2v) is 5.44. The van der Waals surface area contributed by atoms with Gasteiger partial charge in [-0.15, -0.1) is 0 Å². The van der Waals surface area contributed by atoms with Gasteiger partial charge in [-0.2, -0.15) is 0 Å². The lowest BCUT2D eigenvalue weighted by Crippen LogP contribution is -2.08. The molecule has 7 heteroatoms. The van der Waals surface area contributed by atoms with E-state index < -0.39 is 4.92 Å². The van der Waals surface area contributed by atoms with Crippen molar-refractivity contribution in [2.75, 3.05) is 7.11 Å². The number of ether oxygens (including phenoxy) is 2. The van der Waals surface area contributed by atoms with Crippen molar-refractivity contribution in [3.8, 4) is 17.2 Å². The van der Waals surface area contributed by atoms with E-state index in [4.69, 9.17) is 13.9 Å². The van der Waals surface area contributed by atoms with Gasteiger partial charge in [-0.1, -0.05) is 0 Å². The maximum absolute atomic E-state index is 12.7. The van der Waals surface area contributed by atoms with E-state index in [-0.39, 0.29) is 16.9 Å². The third-order valence-corrected chi connectivity index (χ3v) is 3.87. The molecule has 1 aromatic heterocycles. The van der Waals surface area contributed by atoms with Gasteiger partial charge in [-0.25, -0.2) is 0 Å². The number of hydrogen-bond acceptors (Lipinski definition) is 6. The fourth-order valence-electron chi connectivity index (χ4n) is 2.56. The molecule has 0 N–H and O–H groups in total. The molecular weight excluding hydrogens is 326 g/mol. The van der Waals surface area contributed by atoms with Crippen molar-refractivity contribution < 1.29 is 18.8 Å². The largest absolute Gasteiger partial charge is 0.496 e. The van der Waals surface area contributed by atoms with Crippen molar-refractivity contribution in [2.24, 2.45) is 0 Å². The summed E-state index contributed by atoms with van der Waals surface area (Å²) < 4.78 is 16.6. The molecule has 128 valence electrons. The van der Waals surface area contributed by atoms with Crippen LogP contribution in [0.5, 0.6) is 17.2 Å². The van der Waals surface area contributed by atoms with Crippen molar-refractivity contribution in [3.05, 3.63) is 68.1 Å². The maximum atomic E-state index is 12.7. The van der Waals surface area contributed by atoms with Crippen LogP contribution in [-0.4, -0.2) is 12.0 Å². The summed E-state index contributed by atoms with van der Waals surface area (Å²) in [5, 5.41) is 11.1. The zero-order chi connectivity index (χ0) is 18.1. The van der Waals surface area contributed by atoms with Crippen molar-refractivity contribution in [1.82, 2.24) is 0 Å². The monoisotopic (exact) mass is 341 g/mol. The van der Waals surface area contributed by atoms with Gasteiger partial charge < -0.3 is 13.9 Å². The Bertz CT molecular complexity index is 1020. The van der Waals surface area contributed by atoms with E-state index in [0.29, 0.717) is 28.2 Å². The SMILES string of the molecule is COc1ccc2c(=O)c(Oc3ccc([N+](=O)[O-])cc3)c(C)oc2c1C. The number of non-ortho nitro benzene ring substituents is 1. The van der Waals surface area contributed by atoms with Gasteiger partial charge >= 0.3 is 0 Å². The first-order valence-corrected chi connectivity index (χ1v) is 7.45. The van der Waals surface area contributed by atoms with Crippen LogP contribution in [0.4, 0.5) is 5.69 Å². The Morgan fingerprint density at radius 1 is 1.08 bits per heavy atom. The summed E-state index contributed by atoms with van der Waals surface area (Å²) in [5.41, 5.74) is 0.792. The van der Waals surface area contributed by atoms with Crippen molar-refractivity contribution in [2.45, 2.75) is 13.8 Å². The first-order valence-electron chi connectivity index (χ1n) is 7.45. The lowest BCUT2D eigenvalue weighted by molar-refractivity contribution is -0.384. The summed E-state index contributed by atoms with van der Waals surface area (Å²) in [6, 6.07) is 8.79. The molecule has 0 amide bonds. The normalized spacial score (nSPS) is 10.7. The molecule has 3 rings (SSSR count). The molecule has 0 unspecified atom stereocenters. The summed E-state index contributed by atoms with van der Waals surface area (Å²) in [5.74, 6) is 1.29. The van der Waals surface area contributed by atoms with Crippen LogP contribution in [0.1, 0.15) is 11.3 Å². The minimum absolute atomic E-state index is 0.0471. The Balaban J connectivity index is 2.08. The lowest BCUT2D eigenvalue weighted by atomic mass is 10.1. The Kier molecular flexibility index (Phi) is 4.14. The maximum Gasteiger partial charge on any atom is 0.269 e. The number of nitrogens with zero attached hydrogens (tertiary/aromatic N) is 1. The summed E-state index contributed by atoms with van der Waals surface area (Å²) in [7, 11) is 1.55. The molecule has 7 nitrogen and oxygen atoms in total. The predicted octanol–water partition coefficient (Wildman–Crippen LogP) is 4.12. The molecule has 0 saturated heterocycles. The van der Waals surface area contributed by atoms with Crippen molar-refractivity contribution in [1.29, 1.82) is 0 Å². The third-order valence-electron chi connectivity index (χ3n) is 3.87. The Hall–Kier alpha value is -3.35. The van der Waals surface area contributed by atoms with Crippen LogP contribution >= 0.6 is 0 Å². The highest BCUT2D eigenvalue weighted by Crippen LogP contribution is 2.31. The van der Waals surface area contributed by atoms with E-state index in [2.05, 4.69) is 0 Å². The van der Waals surface area contributed by atoms with E-state index in [1.807, 2.05) is 0 Å². The van der Waals surface area contributed by atoms with Gasteiger partial charge in [0.15, 0.2) is 0 Å². The molecule has 2 aromatic carbocycles. The van der Waals surface area contributed by atoms with Crippen molar-refractivity contribution in [3.63, 3.8) is 0 Å². The first-order chi connectivity index (χ1) is 11.9. The standard InChI is InChI=1S/C18H15NO6/c1-10-15(23-3)9-8-14-16(20)18(11(2)24-17(10)14)25-13-6-4-12(5-7-13)19(21)22/h4-9H,1-3H3. The van der Waals surface area contributed by atoms with Crippen LogP contribution in [-0.2, 0) is 0 Å². The van der Waals surface area contributed by atoms with E-state index in [1.165, 1.54) is 24.3 Å². The van der Waals surface area contributed by atoms with Crippen LogP contribution in [0.25, 0.3) is 11.0 Å².